The molecule has 0 radical (unpaired) electrons. The molecule has 0 bridgehead atoms. The maximum atomic E-state index is 11.7. The molecule has 4 N–H and O–H groups in total. The largest absolute Gasteiger partial charge is 0.384 e. The van der Waals surface area contributed by atoms with Gasteiger partial charge in [0.05, 0.1) is 5.52 Å². The minimum Gasteiger partial charge on any atom is -0.384 e. The Morgan fingerprint density at radius 2 is 1.78 bits per heavy atom. The van der Waals surface area contributed by atoms with E-state index in [4.69, 9.17) is 17.3 Å². The molecule has 0 saturated heterocycles. The van der Waals surface area contributed by atoms with E-state index in [1.54, 1.807) is 6.20 Å². The topological polar surface area (TPSA) is 80.0 Å². The summed E-state index contributed by atoms with van der Waals surface area (Å²) in [7, 11) is 0. The molecule has 1 amide bonds. The summed E-state index contributed by atoms with van der Waals surface area (Å²) in [5, 5.41) is 8.28. The standard InChI is InChI=1S/C21H31ClN4O/c22-17-9-10-18-19(11-15-25-20(18)16-17)24-13-6-1-2-7-14-26-21(27)8-4-3-5-12-23/h9-11,15-16H,1-8,12-14,23H2,(H,24,25)(H,26,27). The first-order valence-electron chi connectivity index (χ1n) is 9.95. The van der Waals surface area contributed by atoms with Crippen LogP contribution in [0, 0.1) is 0 Å². The zero-order valence-corrected chi connectivity index (χ0v) is 16.7. The number of aromatic nitrogens is 1. The summed E-state index contributed by atoms with van der Waals surface area (Å²) in [6, 6.07) is 7.78. The lowest BCUT2D eigenvalue weighted by molar-refractivity contribution is -0.121. The van der Waals surface area contributed by atoms with Crippen molar-refractivity contribution in [1.82, 2.24) is 10.3 Å². The van der Waals surface area contributed by atoms with Crippen LogP contribution in [0.1, 0.15) is 51.4 Å². The third-order valence-electron chi connectivity index (χ3n) is 4.55. The molecule has 5 nitrogen and oxygen atoms in total. The molecule has 0 aliphatic carbocycles. The number of carbonyl (C=O) groups excluding carboxylic acids is 1. The van der Waals surface area contributed by atoms with Crippen LogP contribution >= 0.6 is 11.6 Å². The molecule has 1 heterocycles. The summed E-state index contributed by atoms with van der Waals surface area (Å²) in [5.41, 5.74) is 7.45. The Bertz CT molecular complexity index is 708. The Morgan fingerprint density at radius 3 is 2.59 bits per heavy atom. The van der Waals surface area contributed by atoms with Crippen molar-refractivity contribution in [2.24, 2.45) is 5.73 Å². The van der Waals surface area contributed by atoms with Gasteiger partial charge in [-0.15, -0.1) is 0 Å². The van der Waals surface area contributed by atoms with Crippen molar-refractivity contribution in [2.75, 3.05) is 25.0 Å². The molecular weight excluding hydrogens is 360 g/mol. The number of nitrogens with two attached hydrogens (primary N) is 1. The van der Waals surface area contributed by atoms with Crippen LogP contribution in [0.3, 0.4) is 0 Å². The summed E-state index contributed by atoms with van der Waals surface area (Å²) in [6.07, 6.45) is 9.81. The molecule has 0 unspecified atom stereocenters. The average molecular weight is 391 g/mol. The van der Waals surface area contributed by atoms with Crippen molar-refractivity contribution in [3.8, 4) is 0 Å². The van der Waals surface area contributed by atoms with E-state index in [0.29, 0.717) is 18.0 Å². The monoisotopic (exact) mass is 390 g/mol. The fourth-order valence-corrected chi connectivity index (χ4v) is 3.19. The van der Waals surface area contributed by atoms with Crippen LogP contribution in [0.25, 0.3) is 10.9 Å². The van der Waals surface area contributed by atoms with E-state index < -0.39 is 0 Å². The minimum atomic E-state index is 0.165. The van der Waals surface area contributed by atoms with Gasteiger partial charge in [0.2, 0.25) is 5.91 Å². The second-order valence-electron chi connectivity index (χ2n) is 6.81. The highest BCUT2D eigenvalue weighted by Gasteiger charge is 2.03. The first kappa shape index (κ1) is 21.5. The van der Waals surface area contributed by atoms with Crippen molar-refractivity contribution in [1.29, 1.82) is 0 Å². The molecule has 2 aromatic rings. The number of hydrogen-bond donors (Lipinski definition) is 3. The normalized spacial score (nSPS) is 10.9. The number of anilines is 1. The Morgan fingerprint density at radius 1 is 1.00 bits per heavy atom. The van der Waals surface area contributed by atoms with Crippen molar-refractivity contribution in [3.05, 3.63) is 35.5 Å². The first-order chi connectivity index (χ1) is 13.2. The second kappa shape index (κ2) is 12.5. The lowest BCUT2D eigenvalue weighted by Gasteiger charge is -2.10. The summed E-state index contributed by atoms with van der Waals surface area (Å²) < 4.78 is 0. The quantitative estimate of drug-likeness (QED) is 0.440. The minimum absolute atomic E-state index is 0.165. The van der Waals surface area contributed by atoms with E-state index in [-0.39, 0.29) is 5.91 Å². The van der Waals surface area contributed by atoms with Gasteiger partial charge in [0.15, 0.2) is 0 Å². The van der Waals surface area contributed by atoms with Gasteiger partial charge in [0.1, 0.15) is 0 Å². The third kappa shape index (κ3) is 8.14. The number of pyridine rings is 1. The summed E-state index contributed by atoms with van der Waals surface area (Å²) in [6.45, 7) is 2.41. The van der Waals surface area contributed by atoms with Gasteiger partial charge < -0.3 is 16.4 Å². The van der Waals surface area contributed by atoms with Gasteiger partial charge in [-0.05, 0) is 56.5 Å². The van der Waals surface area contributed by atoms with E-state index in [1.807, 2.05) is 24.3 Å². The number of benzene rings is 1. The van der Waals surface area contributed by atoms with Crippen LogP contribution in [-0.2, 0) is 4.79 Å². The average Bonchev–Trinajstić information content (AvgIpc) is 2.67. The van der Waals surface area contributed by atoms with Crippen molar-refractivity contribution in [2.45, 2.75) is 51.4 Å². The molecule has 148 valence electrons. The second-order valence-corrected chi connectivity index (χ2v) is 7.25. The van der Waals surface area contributed by atoms with Crippen LogP contribution in [0.5, 0.6) is 0 Å². The van der Waals surface area contributed by atoms with Crippen molar-refractivity contribution < 1.29 is 4.79 Å². The number of fused-ring (bicyclic) bond motifs is 1. The van der Waals surface area contributed by atoms with Crippen molar-refractivity contribution in [3.63, 3.8) is 0 Å². The number of nitrogens with zero attached hydrogens (tertiary/aromatic N) is 1. The van der Waals surface area contributed by atoms with Crippen LogP contribution in [0.4, 0.5) is 5.69 Å². The van der Waals surface area contributed by atoms with Gasteiger partial charge in [-0.2, -0.15) is 0 Å². The number of halogens is 1. The molecule has 0 aliphatic rings. The molecule has 0 fully saturated rings. The molecule has 0 aliphatic heterocycles. The SMILES string of the molecule is NCCCCCC(=O)NCCCCCCNc1ccnc2cc(Cl)ccc12. The number of nitrogens with one attached hydrogen (secondary N) is 2. The Kier molecular flexibility index (Phi) is 9.95. The van der Waals surface area contributed by atoms with Gasteiger partial charge in [-0.1, -0.05) is 30.9 Å². The van der Waals surface area contributed by atoms with Gasteiger partial charge in [-0.25, -0.2) is 0 Å². The Balaban J connectivity index is 1.53. The van der Waals surface area contributed by atoms with E-state index in [2.05, 4.69) is 15.6 Å². The molecular formula is C21H31ClN4O. The Hall–Kier alpha value is -1.85. The zero-order chi connectivity index (χ0) is 19.3. The molecule has 0 spiro atoms. The van der Waals surface area contributed by atoms with Gasteiger partial charge >= 0.3 is 0 Å². The van der Waals surface area contributed by atoms with Crippen LogP contribution in [0.15, 0.2) is 30.5 Å². The van der Waals surface area contributed by atoms with Crippen LogP contribution in [-0.4, -0.2) is 30.5 Å². The van der Waals surface area contributed by atoms with E-state index in [9.17, 15) is 4.79 Å². The van der Waals surface area contributed by atoms with E-state index in [0.717, 1.165) is 74.6 Å². The highest BCUT2D eigenvalue weighted by molar-refractivity contribution is 6.31. The zero-order valence-electron chi connectivity index (χ0n) is 16.0. The highest BCUT2D eigenvalue weighted by atomic mass is 35.5. The van der Waals surface area contributed by atoms with Gasteiger partial charge in [0.25, 0.3) is 0 Å². The summed E-state index contributed by atoms with van der Waals surface area (Å²) in [4.78, 5) is 16.0. The number of hydrogen-bond acceptors (Lipinski definition) is 4. The molecule has 2 rings (SSSR count). The smallest absolute Gasteiger partial charge is 0.219 e. The predicted octanol–water partition coefficient (Wildman–Crippen LogP) is 4.50. The summed E-state index contributed by atoms with van der Waals surface area (Å²) >= 11 is 6.02. The van der Waals surface area contributed by atoms with Gasteiger partial charge in [0, 0.05) is 41.8 Å². The molecule has 0 atom stereocenters. The molecule has 6 heteroatoms. The maximum absolute atomic E-state index is 11.7. The molecule has 0 saturated carbocycles. The van der Waals surface area contributed by atoms with E-state index >= 15 is 0 Å². The number of rotatable bonds is 13. The Labute approximate surface area is 167 Å². The highest BCUT2D eigenvalue weighted by Crippen LogP contribution is 2.24. The maximum Gasteiger partial charge on any atom is 0.219 e. The molecule has 1 aromatic heterocycles. The van der Waals surface area contributed by atoms with E-state index in [1.165, 1.54) is 0 Å². The van der Waals surface area contributed by atoms with Crippen molar-refractivity contribution >= 4 is 34.1 Å². The molecule has 1 aromatic carbocycles. The predicted molar refractivity (Wildman–Crippen MR) is 114 cm³/mol. The first-order valence-corrected chi connectivity index (χ1v) is 10.3. The fourth-order valence-electron chi connectivity index (χ4n) is 3.02. The lowest BCUT2D eigenvalue weighted by Crippen LogP contribution is -2.24. The number of carbonyl (C=O) groups is 1. The van der Waals surface area contributed by atoms with Crippen LogP contribution in [0.2, 0.25) is 5.02 Å². The summed E-state index contributed by atoms with van der Waals surface area (Å²) in [5.74, 6) is 0.165. The lowest BCUT2D eigenvalue weighted by atomic mass is 10.1. The fraction of sp³-hybridized carbons (Fsp3) is 0.524. The van der Waals surface area contributed by atoms with Gasteiger partial charge in [-0.3, -0.25) is 9.78 Å². The number of unbranched alkanes of at least 4 members (excludes halogenated alkanes) is 5. The van der Waals surface area contributed by atoms with Crippen LogP contribution < -0.4 is 16.4 Å². The number of amides is 1. The third-order valence-corrected chi connectivity index (χ3v) is 4.79. The molecule has 27 heavy (non-hydrogen) atoms.